The maximum absolute atomic E-state index is 12.1. The summed E-state index contributed by atoms with van der Waals surface area (Å²) < 4.78 is 6.75. The number of piperidine rings is 1. The number of nitriles is 1. The average molecular weight is 499 g/mol. The Morgan fingerprint density at radius 2 is 1.86 bits per heavy atom. The number of hydrogen-bond acceptors (Lipinski definition) is 7. The number of rotatable bonds is 7. The molecule has 1 aliphatic carbocycles. The van der Waals surface area contributed by atoms with Gasteiger partial charge in [0.05, 0.1) is 24.4 Å². The van der Waals surface area contributed by atoms with E-state index in [9.17, 15) is 4.79 Å². The molecule has 3 atom stereocenters. The number of hydrogen-bond donors (Lipinski definition) is 2. The molecule has 2 fully saturated rings. The lowest BCUT2D eigenvalue weighted by atomic mass is 9.89. The van der Waals surface area contributed by atoms with E-state index in [1.54, 1.807) is 12.3 Å². The molecule has 37 heavy (non-hydrogen) atoms. The molecule has 2 N–H and O–H groups in total. The van der Waals surface area contributed by atoms with Gasteiger partial charge in [0.25, 0.3) is 0 Å². The van der Waals surface area contributed by atoms with Crippen molar-refractivity contribution in [1.29, 1.82) is 5.26 Å². The van der Waals surface area contributed by atoms with Gasteiger partial charge in [0.2, 0.25) is 0 Å². The van der Waals surface area contributed by atoms with Gasteiger partial charge in [-0.25, -0.2) is 9.78 Å². The van der Waals surface area contributed by atoms with Crippen LogP contribution in [0, 0.1) is 11.3 Å². The minimum Gasteiger partial charge on any atom is -0.464 e. The number of carbonyl (C=O) groups excluding carboxylic acids is 1. The van der Waals surface area contributed by atoms with Gasteiger partial charge < -0.3 is 24.8 Å². The van der Waals surface area contributed by atoms with Crippen LogP contribution in [-0.2, 0) is 4.74 Å². The van der Waals surface area contributed by atoms with Gasteiger partial charge in [-0.15, -0.1) is 0 Å². The molecule has 0 bridgehead atoms. The van der Waals surface area contributed by atoms with Crippen LogP contribution in [-0.4, -0.2) is 53.8 Å². The van der Waals surface area contributed by atoms with Crippen LogP contribution in [0.15, 0.2) is 60.9 Å². The second-order valence-corrected chi connectivity index (χ2v) is 9.91. The molecule has 1 saturated heterocycles. The van der Waals surface area contributed by atoms with Crippen LogP contribution < -0.4 is 15.5 Å². The van der Waals surface area contributed by atoms with Gasteiger partial charge >= 0.3 is 5.97 Å². The second-order valence-electron chi connectivity index (χ2n) is 9.91. The summed E-state index contributed by atoms with van der Waals surface area (Å²) in [5, 5.41) is 16.8. The van der Waals surface area contributed by atoms with Crippen LogP contribution in [0.3, 0.4) is 0 Å². The average Bonchev–Trinajstić information content (AvgIpc) is 3.44. The zero-order chi connectivity index (χ0) is 25.6. The molecule has 0 radical (unpaired) electrons. The molecule has 0 unspecified atom stereocenters. The summed E-state index contributed by atoms with van der Waals surface area (Å²) in [5.41, 5.74) is 3.23. The lowest BCUT2D eigenvalue weighted by Gasteiger charge is -2.40. The Balaban J connectivity index is 1.25. The molecule has 1 aliphatic heterocycles. The Kier molecular flexibility index (Phi) is 7.71. The highest BCUT2D eigenvalue weighted by Gasteiger charge is 2.29. The summed E-state index contributed by atoms with van der Waals surface area (Å²) in [6.45, 7) is 2.01. The van der Waals surface area contributed by atoms with E-state index in [0.717, 1.165) is 50.3 Å². The Hall–Kier alpha value is -3.83. The minimum absolute atomic E-state index is 0.284. The first kappa shape index (κ1) is 24.8. The predicted octanol–water partition coefficient (Wildman–Crippen LogP) is 4.51. The highest BCUT2D eigenvalue weighted by Crippen LogP contribution is 2.26. The summed E-state index contributed by atoms with van der Waals surface area (Å²) >= 11 is 0. The number of pyridine rings is 1. The molecule has 3 aromatic rings. The minimum atomic E-state index is -0.365. The highest BCUT2D eigenvalue weighted by atomic mass is 16.5. The molecule has 8 heteroatoms. The molecule has 2 aromatic heterocycles. The monoisotopic (exact) mass is 498 g/mol. The maximum atomic E-state index is 12.1. The fourth-order valence-electron chi connectivity index (χ4n) is 5.62. The van der Waals surface area contributed by atoms with E-state index in [1.165, 1.54) is 25.6 Å². The standard InChI is InChI=1S/C29H34N6O2/c1-37-29(36)27-9-5-17-35(27)24-14-15-31-28(18-24)33-26-8-3-2-7-25(26)32-22-6-4-16-34(20-22)23-12-10-21(19-30)11-13-23/h5,9-15,17-18,22,25-26,32H,2-4,6-8,16,20H2,1H3,(H,31,33)/t22-,25+,26+/m0/s1. The molecule has 1 aromatic carbocycles. The van der Waals surface area contributed by atoms with Crippen molar-refractivity contribution in [2.45, 2.75) is 56.7 Å². The fourth-order valence-corrected chi connectivity index (χ4v) is 5.62. The van der Waals surface area contributed by atoms with Gasteiger partial charge in [-0.2, -0.15) is 5.26 Å². The Morgan fingerprint density at radius 3 is 2.65 bits per heavy atom. The molecule has 2 aliphatic rings. The van der Waals surface area contributed by atoms with Gasteiger partial charge in [0.1, 0.15) is 11.5 Å². The summed E-state index contributed by atoms with van der Waals surface area (Å²) in [6.07, 6.45) is 10.6. The fraction of sp³-hybridized carbons (Fsp3) is 0.414. The SMILES string of the molecule is COC(=O)c1cccn1-c1ccnc(N[C@@H]2CCCC[C@H]2N[C@H]2CCCN(c3ccc(C#N)cc3)C2)c1. The zero-order valence-corrected chi connectivity index (χ0v) is 21.3. The van der Waals surface area contributed by atoms with Crippen molar-refractivity contribution in [1.82, 2.24) is 14.9 Å². The molecule has 8 nitrogen and oxygen atoms in total. The van der Waals surface area contributed by atoms with E-state index in [2.05, 4.69) is 38.7 Å². The Labute approximate surface area is 218 Å². The van der Waals surface area contributed by atoms with Crippen molar-refractivity contribution < 1.29 is 9.53 Å². The molecule has 0 amide bonds. The predicted molar refractivity (Wildman–Crippen MR) is 144 cm³/mol. The molecular formula is C29H34N6O2. The van der Waals surface area contributed by atoms with Crippen LogP contribution in [0.1, 0.15) is 54.6 Å². The number of ether oxygens (including phenoxy) is 1. The van der Waals surface area contributed by atoms with Crippen molar-refractivity contribution in [3.63, 3.8) is 0 Å². The number of methoxy groups -OCH3 is 1. The summed E-state index contributed by atoms with van der Waals surface area (Å²) in [5.74, 6) is 0.443. The van der Waals surface area contributed by atoms with Crippen molar-refractivity contribution in [3.05, 3.63) is 72.2 Å². The zero-order valence-electron chi connectivity index (χ0n) is 21.3. The summed E-state index contributed by atoms with van der Waals surface area (Å²) in [7, 11) is 1.39. The van der Waals surface area contributed by atoms with Gasteiger partial charge in [-0.3, -0.25) is 0 Å². The maximum Gasteiger partial charge on any atom is 0.355 e. The molecule has 1 saturated carbocycles. The molecular weight excluding hydrogens is 464 g/mol. The molecule has 0 spiro atoms. The topological polar surface area (TPSA) is 95.2 Å². The Bertz CT molecular complexity index is 1250. The summed E-state index contributed by atoms with van der Waals surface area (Å²) in [6, 6.07) is 18.7. The largest absolute Gasteiger partial charge is 0.464 e. The second kappa shape index (κ2) is 11.5. The molecule has 3 heterocycles. The molecule has 192 valence electrons. The van der Waals surface area contributed by atoms with E-state index < -0.39 is 0 Å². The third-order valence-corrected chi connectivity index (χ3v) is 7.50. The first-order valence-electron chi connectivity index (χ1n) is 13.1. The highest BCUT2D eigenvalue weighted by molar-refractivity contribution is 5.88. The third kappa shape index (κ3) is 5.78. The van der Waals surface area contributed by atoms with Gasteiger partial charge in [0.15, 0.2) is 0 Å². The van der Waals surface area contributed by atoms with E-state index in [0.29, 0.717) is 23.3 Å². The van der Waals surface area contributed by atoms with Crippen molar-refractivity contribution in [2.75, 3.05) is 30.4 Å². The van der Waals surface area contributed by atoms with Crippen LogP contribution >= 0.6 is 0 Å². The lowest BCUT2D eigenvalue weighted by molar-refractivity contribution is 0.0591. The molecule has 5 rings (SSSR count). The van der Waals surface area contributed by atoms with Gasteiger partial charge in [-0.1, -0.05) is 12.8 Å². The lowest BCUT2D eigenvalue weighted by Crippen LogP contribution is -2.55. The first-order chi connectivity index (χ1) is 18.1. The van der Waals surface area contributed by atoms with Gasteiger partial charge in [-0.05, 0) is 68.1 Å². The van der Waals surface area contributed by atoms with Gasteiger partial charge in [0, 0.05) is 55.4 Å². The van der Waals surface area contributed by atoms with Crippen LogP contribution in [0.2, 0.25) is 0 Å². The normalized spacial score (nSPS) is 21.7. The van der Waals surface area contributed by atoms with E-state index in [1.807, 2.05) is 41.1 Å². The van der Waals surface area contributed by atoms with E-state index in [4.69, 9.17) is 10.00 Å². The third-order valence-electron chi connectivity index (χ3n) is 7.50. The van der Waals surface area contributed by atoms with Crippen molar-refractivity contribution >= 4 is 17.5 Å². The number of esters is 1. The van der Waals surface area contributed by atoms with Crippen molar-refractivity contribution in [3.8, 4) is 11.8 Å². The first-order valence-corrected chi connectivity index (χ1v) is 13.1. The number of benzene rings is 1. The van der Waals surface area contributed by atoms with E-state index >= 15 is 0 Å². The summed E-state index contributed by atoms with van der Waals surface area (Å²) in [4.78, 5) is 19.2. The van der Waals surface area contributed by atoms with Crippen LogP contribution in [0.4, 0.5) is 11.5 Å². The number of nitrogens with one attached hydrogen (secondary N) is 2. The van der Waals surface area contributed by atoms with E-state index in [-0.39, 0.29) is 12.0 Å². The quantitative estimate of drug-likeness (QED) is 0.463. The smallest absolute Gasteiger partial charge is 0.355 e. The van der Waals surface area contributed by atoms with Crippen LogP contribution in [0.5, 0.6) is 0 Å². The number of carbonyl (C=O) groups is 1. The number of anilines is 2. The number of aromatic nitrogens is 2. The van der Waals surface area contributed by atoms with Crippen molar-refractivity contribution in [2.24, 2.45) is 0 Å². The Morgan fingerprint density at radius 1 is 1.05 bits per heavy atom. The van der Waals surface area contributed by atoms with Crippen LogP contribution in [0.25, 0.3) is 5.69 Å². The number of nitrogens with zero attached hydrogens (tertiary/aromatic N) is 4.